The van der Waals surface area contributed by atoms with Gasteiger partial charge in [0, 0.05) is 0 Å². The van der Waals surface area contributed by atoms with E-state index >= 15 is 0 Å². The van der Waals surface area contributed by atoms with Crippen molar-refractivity contribution in [1.29, 1.82) is 0 Å². The first-order chi connectivity index (χ1) is 3.00. The average molecular weight is 499 g/mol. The van der Waals surface area contributed by atoms with Crippen molar-refractivity contribution in [1.82, 2.24) is 0 Å². The first-order valence-corrected chi connectivity index (χ1v) is 4.12. The number of rotatable bonds is 0. The topological polar surface area (TPSA) is 106 Å². The molecule has 0 spiro atoms. The van der Waals surface area contributed by atoms with Crippen molar-refractivity contribution < 1.29 is 130 Å². The molecule has 0 fully saturated rings. The van der Waals surface area contributed by atoms with Crippen molar-refractivity contribution in [3.05, 3.63) is 0 Å². The van der Waals surface area contributed by atoms with Gasteiger partial charge in [0.25, 0.3) is 0 Å². The molecule has 0 rings (SSSR count). The minimum atomic E-state index is -4.67. The van der Waals surface area contributed by atoms with Crippen LogP contribution in [-0.2, 0) is 30.4 Å². The third-order valence-electron chi connectivity index (χ3n) is 0. The van der Waals surface area contributed by atoms with Crippen molar-refractivity contribution in [2.45, 2.75) is 0 Å². The van der Waals surface area contributed by atoms with Crippen LogP contribution in [0.5, 0.6) is 0 Å². The molecule has 0 saturated carbocycles. The molecule has 0 saturated heterocycles. The van der Waals surface area contributed by atoms with Crippen LogP contribution in [0.25, 0.3) is 0 Å². The summed E-state index contributed by atoms with van der Waals surface area (Å²) in [5.41, 5.74) is 0. The van der Waals surface area contributed by atoms with Crippen molar-refractivity contribution in [2.75, 3.05) is 0 Å². The van der Waals surface area contributed by atoms with Crippen molar-refractivity contribution in [3.63, 3.8) is 0 Å². The standard InChI is InChI=1S/Ag.Ba.2ClH.K.Na.H2O4S.H2O.4H/c;;;;;;1-5(2,3)4;;;;;/h;;2*1H;;;(H2,1,2,3,4);1H2;;;;/q+1;+2;;;2*+1;;;4*-1/p-1. The Morgan fingerprint density at radius 3 is 1.25 bits per heavy atom. The second-order valence-electron chi connectivity index (χ2n) is 0.448. The van der Waals surface area contributed by atoms with Gasteiger partial charge in [0.05, 0.1) is 0 Å². The fourth-order valence-corrected chi connectivity index (χ4v) is 0. The fourth-order valence-electron chi connectivity index (χ4n) is 0. The molecule has 0 atom stereocenters. The van der Waals surface area contributed by atoms with Crippen molar-refractivity contribution in [2.24, 2.45) is 0 Å². The van der Waals surface area contributed by atoms with Crippen LogP contribution in [0.1, 0.15) is 5.71 Å². The van der Waals surface area contributed by atoms with Crippen LogP contribution in [0.2, 0.25) is 0 Å². The Kier molecular flexibility index (Phi) is 108. The van der Waals surface area contributed by atoms with E-state index in [1.165, 1.54) is 0 Å². The summed E-state index contributed by atoms with van der Waals surface area (Å²) in [7, 11) is -0.218. The van der Waals surface area contributed by atoms with Crippen molar-refractivity contribution >= 4 is 80.9 Å². The second-order valence-corrected chi connectivity index (χ2v) is 1.34. The van der Waals surface area contributed by atoms with E-state index in [1.54, 1.807) is 0 Å². The molecule has 0 aliphatic heterocycles. The van der Waals surface area contributed by atoms with E-state index in [9.17, 15) is 0 Å². The SMILES string of the molecule is Cl.O.O=S(=O)(O)O.[Ba+2].[Cl][Ag].[H-].[H-].[H-].[H-].[K+].[Na+]. The van der Waals surface area contributed by atoms with Gasteiger partial charge in [-0.15, -0.1) is 12.4 Å². The maximum atomic E-state index is 8.74. The normalized spacial score (nSPS) is 5.42. The van der Waals surface area contributed by atoms with Gasteiger partial charge < -0.3 is 11.2 Å². The number of halogens is 2. The molecule has 4 N–H and O–H groups in total. The summed E-state index contributed by atoms with van der Waals surface area (Å²) in [5, 5.41) is 0. The molecular formula is H9AgBaCl2KNaO5S. The summed E-state index contributed by atoms with van der Waals surface area (Å²) in [6.07, 6.45) is 0. The van der Waals surface area contributed by atoms with Gasteiger partial charge in [0.1, 0.15) is 0 Å². The Morgan fingerprint density at radius 2 is 1.25 bits per heavy atom. The predicted molar refractivity (Wildman–Crippen MR) is 41.1 cm³/mol. The maximum absolute atomic E-state index is 8.74. The molecule has 0 heterocycles. The molecule has 0 unspecified atom stereocenters. The van der Waals surface area contributed by atoms with Crippen LogP contribution in [-0.4, -0.2) is 71.9 Å². The summed E-state index contributed by atoms with van der Waals surface area (Å²) in [6.45, 7) is 0. The number of hydrogen-bond acceptors (Lipinski definition) is 2. The van der Waals surface area contributed by atoms with Crippen molar-refractivity contribution in [3.8, 4) is 0 Å². The molecule has 0 aromatic rings. The molecule has 12 heteroatoms. The monoisotopic (exact) mass is 498 g/mol. The Morgan fingerprint density at radius 1 is 1.25 bits per heavy atom. The van der Waals surface area contributed by atoms with E-state index in [4.69, 9.17) is 17.5 Å². The zero-order chi connectivity index (χ0) is 6.50. The van der Waals surface area contributed by atoms with Crippen LogP contribution in [0.15, 0.2) is 0 Å². The third-order valence-corrected chi connectivity index (χ3v) is 0. The van der Waals surface area contributed by atoms with Gasteiger partial charge >= 0.3 is 169 Å². The molecule has 74 valence electrons. The smallest absolute Gasteiger partial charge is 1.00 e. The van der Waals surface area contributed by atoms with Gasteiger partial charge in [0.15, 0.2) is 0 Å². The van der Waals surface area contributed by atoms with Crippen LogP contribution in [0.4, 0.5) is 0 Å². The Hall–Kier alpha value is 5.36. The predicted octanol–water partition coefficient (Wildman–Crippen LogP) is -6.29. The van der Waals surface area contributed by atoms with Gasteiger partial charge in [0.2, 0.25) is 0 Å². The van der Waals surface area contributed by atoms with Gasteiger partial charge in [-0.3, -0.25) is 9.11 Å². The molecule has 0 radical (unpaired) electrons. The summed E-state index contributed by atoms with van der Waals surface area (Å²) in [6, 6.07) is 0. The van der Waals surface area contributed by atoms with Crippen LogP contribution in [0.3, 0.4) is 0 Å². The maximum Gasteiger partial charge on any atom is 1.00 e. The van der Waals surface area contributed by atoms with E-state index in [2.05, 4.69) is 29.2 Å². The van der Waals surface area contributed by atoms with Crippen LogP contribution >= 0.6 is 21.6 Å². The molecule has 0 amide bonds. The molecule has 0 aliphatic carbocycles. The van der Waals surface area contributed by atoms with E-state index in [1.807, 2.05) is 0 Å². The summed E-state index contributed by atoms with van der Waals surface area (Å²) in [4.78, 5) is 0. The zero-order valence-corrected chi connectivity index (χ0v) is 19.8. The average Bonchev–Trinajstić information content (AvgIpc) is 1.36. The Balaban J connectivity index is -0.00000000242. The molecule has 0 aliphatic rings. The van der Waals surface area contributed by atoms with Gasteiger partial charge in [-0.1, -0.05) is 0 Å². The molecule has 0 aromatic carbocycles. The first kappa shape index (κ1) is 43.3. The molecule has 5 nitrogen and oxygen atoms in total. The minimum Gasteiger partial charge on any atom is -1.00 e. The summed E-state index contributed by atoms with van der Waals surface area (Å²) < 4.78 is 31.6. The molecular weight excluding hydrogens is 490 g/mol. The molecule has 12 heavy (non-hydrogen) atoms. The third kappa shape index (κ3) is 110. The Labute approximate surface area is 205 Å². The van der Waals surface area contributed by atoms with Gasteiger partial charge in [-0.05, 0) is 0 Å². The van der Waals surface area contributed by atoms with E-state index in [0.717, 1.165) is 0 Å². The Bertz CT molecular complexity index is 126. The minimum absolute atomic E-state index is 0. The van der Waals surface area contributed by atoms with Crippen LogP contribution in [0, 0.1) is 0 Å². The van der Waals surface area contributed by atoms with E-state index in [-0.39, 0.29) is 153 Å². The van der Waals surface area contributed by atoms with Gasteiger partial charge in [-0.2, -0.15) is 8.42 Å². The second kappa shape index (κ2) is 29.9. The van der Waals surface area contributed by atoms with Gasteiger partial charge in [-0.25, -0.2) is 0 Å². The number of hydrogen-bond donors (Lipinski definition) is 2. The van der Waals surface area contributed by atoms with E-state index in [0.29, 0.717) is 0 Å². The summed E-state index contributed by atoms with van der Waals surface area (Å²) >= 11 is 2.42. The van der Waals surface area contributed by atoms with E-state index < -0.39 is 10.4 Å². The largest absolute Gasteiger partial charge is 1.00 e. The quantitative estimate of drug-likeness (QED) is 0.256. The summed E-state index contributed by atoms with van der Waals surface area (Å²) in [5.74, 6) is 0. The van der Waals surface area contributed by atoms with Crippen LogP contribution < -0.4 is 80.9 Å². The molecule has 0 bridgehead atoms. The first-order valence-electron chi connectivity index (χ1n) is 0.812. The fraction of sp³-hybridized carbons (Fsp3) is 0. The molecule has 0 aromatic heterocycles. The zero-order valence-electron chi connectivity index (χ0n) is 10.4.